The van der Waals surface area contributed by atoms with Crippen molar-refractivity contribution in [2.24, 2.45) is 5.92 Å². The molecule has 4 aromatic rings. The average molecular weight is 708 g/mol. The molecule has 3 aliphatic rings. The summed E-state index contributed by atoms with van der Waals surface area (Å²) in [6.45, 7) is 8.68. The zero-order valence-electron chi connectivity index (χ0n) is 28.5. The molecule has 0 atom stereocenters. The van der Waals surface area contributed by atoms with Gasteiger partial charge in [-0.2, -0.15) is 0 Å². The van der Waals surface area contributed by atoms with E-state index in [-0.39, 0.29) is 23.6 Å². The Labute approximate surface area is 292 Å². The summed E-state index contributed by atoms with van der Waals surface area (Å²) in [4.78, 5) is 52.3. The van der Waals surface area contributed by atoms with E-state index in [9.17, 15) is 18.8 Å². The third-order valence-corrected chi connectivity index (χ3v) is 10.1. The van der Waals surface area contributed by atoms with E-state index in [1.165, 1.54) is 29.0 Å². The van der Waals surface area contributed by atoms with Crippen LogP contribution < -0.4 is 26.4 Å². The number of H-pyrrole nitrogens is 2. The zero-order chi connectivity index (χ0) is 35.3. The number of benzene rings is 2. The van der Waals surface area contributed by atoms with Crippen LogP contribution in [0.25, 0.3) is 16.6 Å². The molecule has 3 saturated heterocycles. The number of nitrogens with one attached hydrogen (secondary N) is 2. The molecule has 0 unspecified atom stereocenters. The third-order valence-electron chi connectivity index (χ3n) is 10.1. The van der Waals surface area contributed by atoms with E-state index in [1.54, 1.807) is 18.2 Å². The second-order valence-corrected chi connectivity index (χ2v) is 13.5. The minimum Gasteiger partial charge on any atom is -0.493 e. The Morgan fingerprint density at radius 2 is 1.59 bits per heavy atom. The summed E-state index contributed by atoms with van der Waals surface area (Å²) in [5, 5.41) is -0.0871. The standard InChI is InChI=1S/C36H43F2N7O6/c37-28-19-25(45-10-5-33(46)41-36(45)48)1-2-31(28)44-15-13-43(14-16-44)12-11-42-8-3-24(4-9-42)22-50-27-20-29(38)34-30(21-27)39-32(40-35(34)47)23-51-26-6-17-49-18-7-26/h1-2,5,10,19-21,24,26H,3-4,6-9,11-18,22-23H2,(H,39,40,47)(H,41,46,48). The highest BCUT2D eigenvalue weighted by Gasteiger charge is 2.24. The van der Waals surface area contributed by atoms with Crippen LogP contribution in [0.1, 0.15) is 31.5 Å². The van der Waals surface area contributed by atoms with Crippen molar-refractivity contribution in [3.63, 3.8) is 0 Å². The Bertz CT molecular complexity index is 2000. The number of likely N-dealkylation sites (tertiary alicyclic amines) is 1. The zero-order valence-corrected chi connectivity index (χ0v) is 28.5. The van der Waals surface area contributed by atoms with Gasteiger partial charge in [0.1, 0.15) is 35.2 Å². The van der Waals surface area contributed by atoms with Crippen LogP contribution in [-0.2, 0) is 16.1 Å². The quantitative estimate of drug-likeness (QED) is 0.240. The lowest BCUT2D eigenvalue weighted by atomic mass is 9.98. The van der Waals surface area contributed by atoms with Gasteiger partial charge < -0.3 is 29.0 Å². The van der Waals surface area contributed by atoms with Crippen molar-refractivity contribution in [2.75, 3.05) is 77.1 Å². The van der Waals surface area contributed by atoms with Gasteiger partial charge in [-0.3, -0.25) is 24.0 Å². The number of rotatable bonds is 11. The lowest BCUT2D eigenvalue weighted by Gasteiger charge is -2.38. The highest BCUT2D eigenvalue weighted by Crippen LogP contribution is 2.25. The van der Waals surface area contributed by atoms with Crippen LogP contribution in [0.2, 0.25) is 0 Å². The lowest BCUT2D eigenvalue weighted by Crippen LogP contribution is -2.49. The molecule has 7 rings (SSSR count). The molecule has 13 nitrogen and oxygen atoms in total. The number of aromatic amines is 2. The predicted octanol–water partition coefficient (Wildman–Crippen LogP) is 2.65. The largest absolute Gasteiger partial charge is 0.493 e. The summed E-state index contributed by atoms with van der Waals surface area (Å²) in [7, 11) is 0. The minimum atomic E-state index is -0.660. The summed E-state index contributed by atoms with van der Waals surface area (Å²) < 4.78 is 48.5. The van der Waals surface area contributed by atoms with E-state index in [2.05, 4.69) is 24.8 Å². The van der Waals surface area contributed by atoms with Crippen molar-refractivity contribution >= 4 is 16.6 Å². The Morgan fingerprint density at radius 1 is 0.843 bits per heavy atom. The monoisotopic (exact) mass is 707 g/mol. The van der Waals surface area contributed by atoms with Gasteiger partial charge in [0, 0.05) is 82.9 Å². The van der Waals surface area contributed by atoms with Crippen molar-refractivity contribution in [1.82, 2.24) is 29.3 Å². The smallest absolute Gasteiger partial charge is 0.332 e. The fourth-order valence-corrected chi connectivity index (χ4v) is 7.05. The second kappa shape index (κ2) is 15.8. The SMILES string of the molecule is O=c1ccn(-c2ccc(N3CCN(CCN4CCC(COc5cc(F)c6c(=O)[nH]c(COC7CCOCC7)nc6c5)CC4)CC3)c(F)c2)c(=O)[nH]1. The number of aromatic nitrogens is 4. The van der Waals surface area contributed by atoms with Gasteiger partial charge in [0.25, 0.3) is 11.1 Å². The Hall–Kier alpha value is -4.44. The predicted molar refractivity (Wildman–Crippen MR) is 187 cm³/mol. The van der Waals surface area contributed by atoms with E-state index in [0.717, 1.165) is 65.0 Å². The molecule has 15 heteroatoms. The van der Waals surface area contributed by atoms with Crippen LogP contribution in [0, 0.1) is 17.6 Å². The first-order chi connectivity index (χ1) is 24.8. The Balaban J connectivity index is 0.842. The van der Waals surface area contributed by atoms with Crippen LogP contribution in [0.15, 0.2) is 57.0 Å². The first-order valence-corrected chi connectivity index (χ1v) is 17.7. The molecule has 2 N–H and O–H groups in total. The summed E-state index contributed by atoms with van der Waals surface area (Å²) in [5.41, 5.74) is -0.550. The van der Waals surface area contributed by atoms with Gasteiger partial charge in [-0.1, -0.05) is 0 Å². The van der Waals surface area contributed by atoms with E-state index >= 15 is 4.39 Å². The van der Waals surface area contributed by atoms with Crippen molar-refractivity contribution in [2.45, 2.75) is 38.4 Å². The summed E-state index contributed by atoms with van der Waals surface area (Å²) in [6, 6.07) is 8.79. The molecule has 0 saturated carbocycles. The number of ether oxygens (including phenoxy) is 3. The number of halogens is 2. The van der Waals surface area contributed by atoms with Crippen LogP contribution in [0.3, 0.4) is 0 Å². The molecule has 2 aromatic heterocycles. The average Bonchev–Trinajstić information content (AvgIpc) is 3.13. The molecular formula is C36H43F2N7O6. The molecule has 3 aliphatic heterocycles. The highest BCUT2D eigenvalue weighted by molar-refractivity contribution is 5.79. The van der Waals surface area contributed by atoms with Gasteiger partial charge in [0.05, 0.1) is 29.6 Å². The topological polar surface area (TPSA) is 138 Å². The number of hydrogen-bond acceptors (Lipinski definition) is 10. The van der Waals surface area contributed by atoms with Crippen molar-refractivity contribution in [3.8, 4) is 11.4 Å². The molecule has 0 spiro atoms. The Morgan fingerprint density at radius 3 is 2.31 bits per heavy atom. The van der Waals surface area contributed by atoms with Crippen LogP contribution in [0.4, 0.5) is 14.5 Å². The van der Waals surface area contributed by atoms with Gasteiger partial charge in [-0.15, -0.1) is 0 Å². The van der Waals surface area contributed by atoms with Crippen molar-refractivity contribution in [3.05, 3.63) is 91.2 Å². The molecule has 5 heterocycles. The number of nitrogens with zero attached hydrogens (tertiary/aromatic N) is 5. The summed E-state index contributed by atoms with van der Waals surface area (Å²) >= 11 is 0. The molecule has 3 fully saturated rings. The number of anilines is 1. The van der Waals surface area contributed by atoms with Gasteiger partial charge in [-0.05, 0) is 56.8 Å². The van der Waals surface area contributed by atoms with Crippen LogP contribution >= 0.6 is 0 Å². The second-order valence-electron chi connectivity index (χ2n) is 13.5. The van der Waals surface area contributed by atoms with E-state index in [1.807, 2.05) is 4.90 Å². The van der Waals surface area contributed by atoms with Gasteiger partial charge in [-0.25, -0.2) is 18.6 Å². The summed E-state index contributed by atoms with van der Waals surface area (Å²) in [6.07, 6.45) is 4.89. The van der Waals surface area contributed by atoms with E-state index in [0.29, 0.717) is 61.8 Å². The van der Waals surface area contributed by atoms with Gasteiger partial charge in [0.2, 0.25) is 0 Å². The molecular weight excluding hydrogens is 664 g/mol. The van der Waals surface area contributed by atoms with Crippen molar-refractivity contribution in [1.29, 1.82) is 0 Å². The molecule has 0 aliphatic carbocycles. The fourth-order valence-electron chi connectivity index (χ4n) is 7.05. The maximum absolute atomic E-state index is 15.1. The van der Waals surface area contributed by atoms with Crippen molar-refractivity contribution < 1.29 is 23.0 Å². The number of fused-ring (bicyclic) bond motifs is 1. The minimum absolute atomic E-state index is 0.0457. The maximum Gasteiger partial charge on any atom is 0.332 e. The first kappa shape index (κ1) is 35.0. The van der Waals surface area contributed by atoms with Gasteiger partial charge in [0.15, 0.2) is 0 Å². The fraction of sp³-hybridized carbons (Fsp3) is 0.500. The number of piperidine rings is 1. The molecule has 272 valence electrons. The highest BCUT2D eigenvalue weighted by atomic mass is 19.1. The number of piperazine rings is 1. The number of hydrogen-bond donors (Lipinski definition) is 2. The maximum atomic E-state index is 15.1. The third kappa shape index (κ3) is 8.55. The molecule has 2 aromatic carbocycles. The first-order valence-electron chi connectivity index (χ1n) is 17.7. The molecule has 0 amide bonds. The van der Waals surface area contributed by atoms with E-state index < -0.39 is 28.4 Å². The molecule has 0 radical (unpaired) electrons. The lowest BCUT2D eigenvalue weighted by molar-refractivity contribution is -0.0408. The van der Waals surface area contributed by atoms with Crippen LogP contribution in [0.5, 0.6) is 5.75 Å². The van der Waals surface area contributed by atoms with Crippen LogP contribution in [-0.4, -0.2) is 108 Å². The normalized spacial score (nSPS) is 18.4. The molecule has 0 bridgehead atoms. The van der Waals surface area contributed by atoms with Gasteiger partial charge >= 0.3 is 5.69 Å². The van der Waals surface area contributed by atoms with E-state index in [4.69, 9.17) is 14.2 Å². The Kier molecular flexibility index (Phi) is 10.9. The summed E-state index contributed by atoms with van der Waals surface area (Å²) in [5.74, 6) is -0.0234. The molecule has 51 heavy (non-hydrogen) atoms.